The second-order valence-corrected chi connectivity index (χ2v) is 6.05. The van der Waals surface area contributed by atoms with Gasteiger partial charge >= 0.3 is 5.97 Å². The van der Waals surface area contributed by atoms with Gasteiger partial charge in [0.05, 0.1) is 18.3 Å². The third kappa shape index (κ3) is 1.43. The van der Waals surface area contributed by atoms with Crippen LogP contribution in [0.15, 0.2) is 6.07 Å². The van der Waals surface area contributed by atoms with Crippen LogP contribution in [-0.4, -0.2) is 17.7 Å². The van der Waals surface area contributed by atoms with E-state index >= 15 is 0 Å². The molecule has 0 spiro atoms. The van der Waals surface area contributed by atoms with Gasteiger partial charge in [0, 0.05) is 6.42 Å². The quantitative estimate of drug-likeness (QED) is 0.715. The van der Waals surface area contributed by atoms with Gasteiger partial charge in [0.1, 0.15) is 0 Å². The molecular weight excluding hydrogens is 228 g/mol. The summed E-state index contributed by atoms with van der Waals surface area (Å²) in [5.41, 5.74) is 4.91. The third-order valence-electron chi connectivity index (χ3n) is 4.35. The van der Waals surface area contributed by atoms with E-state index in [4.69, 9.17) is 4.74 Å². The number of carbonyl (C=O) groups excluding carboxylic acids is 1. The van der Waals surface area contributed by atoms with Crippen LogP contribution in [0.5, 0.6) is 0 Å². The minimum atomic E-state index is -0.494. The molecule has 1 aliphatic carbocycles. The van der Waals surface area contributed by atoms with Gasteiger partial charge in [-0.1, -0.05) is 13.8 Å². The van der Waals surface area contributed by atoms with Crippen LogP contribution in [0.3, 0.4) is 0 Å². The zero-order chi connectivity index (χ0) is 13.1. The predicted molar refractivity (Wildman–Crippen MR) is 67.6 cm³/mol. The molecule has 1 unspecified atom stereocenters. The zero-order valence-corrected chi connectivity index (χ0v) is 11.0. The SMILES string of the molecule is Cc1c2c(cc3c1CC(C)(C)C3O)C(=O)OCC2. The van der Waals surface area contributed by atoms with Crippen molar-refractivity contribution < 1.29 is 14.6 Å². The van der Waals surface area contributed by atoms with E-state index in [1.54, 1.807) is 0 Å². The number of aliphatic hydroxyl groups excluding tert-OH is 1. The lowest BCUT2D eigenvalue weighted by Crippen LogP contribution is -2.20. The normalized spacial score (nSPS) is 24.4. The summed E-state index contributed by atoms with van der Waals surface area (Å²) >= 11 is 0. The lowest BCUT2D eigenvalue weighted by molar-refractivity contribution is 0.0477. The molecular formula is C15H18O3. The van der Waals surface area contributed by atoms with Gasteiger partial charge in [0.2, 0.25) is 0 Å². The molecule has 96 valence electrons. The Kier molecular flexibility index (Phi) is 2.33. The predicted octanol–water partition coefficient (Wildman–Crippen LogP) is 2.32. The first-order valence-corrected chi connectivity index (χ1v) is 6.42. The Hall–Kier alpha value is -1.35. The van der Waals surface area contributed by atoms with E-state index in [1.807, 2.05) is 6.07 Å². The molecule has 0 aromatic heterocycles. The fourth-order valence-electron chi connectivity index (χ4n) is 3.21. The Morgan fingerprint density at radius 3 is 2.83 bits per heavy atom. The third-order valence-corrected chi connectivity index (χ3v) is 4.35. The number of cyclic esters (lactones) is 1. The zero-order valence-electron chi connectivity index (χ0n) is 11.0. The van der Waals surface area contributed by atoms with E-state index in [1.165, 1.54) is 11.1 Å². The fraction of sp³-hybridized carbons (Fsp3) is 0.533. The van der Waals surface area contributed by atoms with Gasteiger partial charge in [-0.2, -0.15) is 0 Å². The van der Waals surface area contributed by atoms with Gasteiger partial charge in [-0.05, 0) is 47.1 Å². The molecule has 1 N–H and O–H groups in total. The van der Waals surface area contributed by atoms with Gasteiger partial charge in [-0.3, -0.25) is 0 Å². The lowest BCUT2D eigenvalue weighted by atomic mass is 9.87. The Labute approximate surface area is 107 Å². The summed E-state index contributed by atoms with van der Waals surface area (Å²) in [6.07, 6.45) is 1.17. The lowest BCUT2D eigenvalue weighted by Gasteiger charge is -2.22. The first-order chi connectivity index (χ1) is 8.42. The van der Waals surface area contributed by atoms with Crippen molar-refractivity contribution in [3.8, 4) is 0 Å². The molecule has 1 aromatic carbocycles. The molecule has 3 nitrogen and oxygen atoms in total. The van der Waals surface area contributed by atoms with Gasteiger partial charge in [0.25, 0.3) is 0 Å². The molecule has 0 radical (unpaired) electrons. The number of ether oxygens (including phenoxy) is 1. The van der Waals surface area contributed by atoms with Crippen molar-refractivity contribution in [2.75, 3.05) is 6.61 Å². The van der Waals surface area contributed by atoms with Crippen LogP contribution in [0.2, 0.25) is 0 Å². The number of hydrogen-bond acceptors (Lipinski definition) is 3. The molecule has 1 heterocycles. The van der Waals surface area contributed by atoms with Crippen LogP contribution in [0, 0.1) is 12.3 Å². The summed E-state index contributed by atoms with van der Waals surface area (Å²) in [7, 11) is 0. The number of hydrogen-bond donors (Lipinski definition) is 1. The minimum Gasteiger partial charge on any atom is -0.462 e. The number of esters is 1. The van der Waals surface area contributed by atoms with E-state index in [2.05, 4.69) is 20.8 Å². The number of aliphatic hydroxyl groups is 1. The molecule has 18 heavy (non-hydrogen) atoms. The Morgan fingerprint density at radius 1 is 1.39 bits per heavy atom. The smallest absolute Gasteiger partial charge is 0.338 e. The topological polar surface area (TPSA) is 46.5 Å². The maximum atomic E-state index is 11.8. The van der Waals surface area contributed by atoms with Crippen LogP contribution in [0.4, 0.5) is 0 Å². The first kappa shape index (κ1) is 11.7. The fourth-order valence-corrected chi connectivity index (χ4v) is 3.21. The van der Waals surface area contributed by atoms with Gasteiger partial charge in [-0.15, -0.1) is 0 Å². The monoisotopic (exact) mass is 246 g/mol. The highest BCUT2D eigenvalue weighted by Crippen LogP contribution is 2.47. The Bertz CT molecular complexity index is 543. The summed E-state index contributed by atoms with van der Waals surface area (Å²) < 4.78 is 5.09. The van der Waals surface area contributed by atoms with Crippen molar-refractivity contribution in [2.45, 2.75) is 39.7 Å². The Morgan fingerprint density at radius 2 is 2.11 bits per heavy atom. The largest absolute Gasteiger partial charge is 0.462 e. The van der Waals surface area contributed by atoms with Crippen LogP contribution < -0.4 is 0 Å². The summed E-state index contributed by atoms with van der Waals surface area (Å²) in [5.74, 6) is -0.251. The van der Waals surface area contributed by atoms with Crippen molar-refractivity contribution in [2.24, 2.45) is 5.41 Å². The molecule has 0 fully saturated rings. The summed E-state index contributed by atoms with van der Waals surface area (Å²) in [6.45, 7) is 6.66. The summed E-state index contributed by atoms with van der Waals surface area (Å²) in [4.78, 5) is 11.8. The van der Waals surface area contributed by atoms with Crippen molar-refractivity contribution >= 4 is 5.97 Å². The summed E-state index contributed by atoms with van der Waals surface area (Å²) in [5, 5.41) is 10.4. The molecule has 1 aliphatic heterocycles. The molecule has 1 aromatic rings. The Balaban J connectivity index is 2.23. The van der Waals surface area contributed by atoms with Crippen LogP contribution in [0.25, 0.3) is 0 Å². The highest BCUT2D eigenvalue weighted by molar-refractivity contribution is 5.93. The van der Waals surface area contributed by atoms with E-state index < -0.39 is 6.10 Å². The van der Waals surface area contributed by atoms with Crippen molar-refractivity contribution in [3.63, 3.8) is 0 Å². The van der Waals surface area contributed by atoms with Crippen molar-refractivity contribution in [1.82, 2.24) is 0 Å². The van der Waals surface area contributed by atoms with Crippen LogP contribution >= 0.6 is 0 Å². The van der Waals surface area contributed by atoms with Crippen molar-refractivity contribution in [3.05, 3.63) is 33.9 Å². The van der Waals surface area contributed by atoms with Crippen LogP contribution in [0.1, 0.15) is 52.6 Å². The molecule has 1 atom stereocenters. The van der Waals surface area contributed by atoms with E-state index in [9.17, 15) is 9.90 Å². The molecule has 0 saturated carbocycles. The average Bonchev–Trinajstić information content (AvgIpc) is 2.54. The average molecular weight is 246 g/mol. The highest BCUT2D eigenvalue weighted by atomic mass is 16.5. The molecule has 0 amide bonds. The number of fused-ring (bicyclic) bond motifs is 2. The standard InChI is InChI=1S/C15H18O3/c1-8-9-4-5-18-14(17)11(9)6-10-12(8)7-15(2,3)13(10)16/h6,13,16H,4-5,7H2,1-3H3. The maximum absolute atomic E-state index is 11.8. The second-order valence-electron chi connectivity index (χ2n) is 6.05. The second kappa shape index (κ2) is 3.58. The van der Waals surface area contributed by atoms with E-state index in [-0.39, 0.29) is 11.4 Å². The number of carbonyl (C=O) groups is 1. The number of benzene rings is 1. The van der Waals surface area contributed by atoms with E-state index in [0.717, 1.165) is 24.0 Å². The van der Waals surface area contributed by atoms with Crippen molar-refractivity contribution in [1.29, 1.82) is 0 Å². The molecule has 0 saturated heterocycles. The molecule has 2 aliphatic rings. The maximum Gasteiger partial charge on any atom is 0.338 e. The minimum absolute atomic E-state index is 0.152. The number of rotatable bonds is 0. The first-order valence-electron chi connectivity index (χ1n) is 6.42. The van der Waals surface area contributed by atoms with Gasteiger partial charge < -0.3 is 9.84 Å². The highest BCUT2D eigenvalue weighted by Gasteiger charge is 2.40. The van der Waals surface area contributed by atoms with Crippen LogP contribution in [-0.2, 0) is 17.6 Å². The molecule has 3 rings (SSSR count). The van der Waals surface area contributed by atoms with E-state index in [0.29, 0.717) is 12.2 Å². The molecule has 3 heteroatoms. The van der Waals surface area contributed by atoms with Gasteiger partial charge in [-0.25, -0.2) is 4.79 Å². The molecule has 0 bridgehead atoms. The summed E-state index contributed by atoms with van der Waals surface area (Å²) in [6, 6.07) is 1.85. The van der Waals surface area contributed by atoms with Gasteiger partial charge in [0.15, 0.2) is 0 Å².